The molecule has 3 aliphatic heterocycles. The van der Waals surface area contributed by atoms with Crippen LogP contribution < -0.4 is 10.2 Å². The van der Waals surface area contributed by atoms with Gasteiger partial charge in [-0.15, -0.1) is 0 Å². The predicted molar refractivity (Wildman–Crippen MR) is 159 cm³/mol. The van der Waals surface area contributed by atoms with Gasteiger partial charge in [-0.25, -0.2) is 0 Å². The molecule has 1 spiro atoms. The molecule has 0 aliphatic carbocycles. The van der Waals surface area contributed by atoms with E-state index in [4.69, 9.17) is 11.6 Å². The third-order valence-electron chi connectivity index (χ3n) is 8.39. The topological polar surface area (TPSA) is 66.5 Å². The lowest BCUT2D eigenvalue weighted by atomic mass is 9.67. The molecule has 1 amide bonds. The number of aryl methyl sites for hydroxylation is 2. The van der Waals surface area contributed by atoms with Crippen molar-refractivity contribution in [2.24, 2.45) is 5.92 Å². The zero-order valence-corrected chi connectivity index (χ0v) is 23.4. The summed E-state index contributed by atoms with van der Waals surface area (Å²) in [6.45, 7) is 3.94. The molecule has 3 heterocycles. The second-order valence-corrected chi connectivity index (χ2v) is 12.3. The molecule has 0 bridgehead atoms. The normalized spacial score (nSPS) is 24.0. The van der Waals surface area contributed by atoms with Crippen LogP contribution in [-0.4, -0.2) is 28.9 Å². The smallest absolute Gasteiger partial charge is 0.238 e. The van der Waals surface area contributed by atoms with E-state index >= 15 is 0 Å². The van der Waals surface area contributed by atoms with Gasteiger partial charge < -0.3 is 10.2 Å². The third-order valence-corrected chi connectivity index (χ3v) is 10.1. The highest BCUT2D eigenvalue weighted by molar-refractivity contribution is 8.00. The summed E-state index contributed by atoms with van der Waals surface area (Å²) in [5, 5.41) is 3.12. The lowest BCUT2D eigenvalue weighted by Gasteiger charge is -2.33. The molecule has 0 saturated carbocycles. The van der Waals surface area contributed by atoms with Gasteiger partial charge in [0.05, 0.1) is 17.0 Å². The maximum atomic E-state index is 14.7. The summed E-state index contributed by atoms with van der Waals surface area (Å²) >= 11 is 7.71. The second kappa shape index (κ2) is 9.08. The van der Waals surface area contributed by atoms with E-state index in [1.807, 2.05) is 73.3 Å². The highest BCUT2D eigenvalue weighted by Gasteiger charge is 2.72. The Balaban J connectivity index is 1.52. The zero-order chi connectivity index (χ0) is 27.8. The number of para-hydroxylation sites is 1. The minimum atomic E-state index is -1.29. The number of benzene rings is 4. The summed E-state index contributed by atoms with van der Waals surface area (Å²) < 4.78 is 0. The van der Waals surface area contributed by atoms with Crippen molar-refractivity contribution in [3.63, 3.8) is 0 Å². The van der Waals surface area contributed by atoms with E-state index < -0.39 is 22.7 Å². The molecule has 1 saturated heterocycles. The Hall–Kier alpha value is -3.87. The molecular formula is C33H25ClN2O3S. The van der Waals surface area contributed by atoms with E-state index in [0.29, 0.717) is 21.8 Å². The lowest BCUT2D eigenvalue weighted by molar-refractivity contribution is -0.121. The highest BCUT2D eigenvalue weighted by atomic mass is 35.5. The Morgan fingerprint density at radius 2 is 1.50 bits per heavy atom. The van der Waals surface area contributed by atoms with Gasteiger partial charge in [0.15, 0.2) is 11.6 Å². The Bertz CT molecular complexity index is 1720. The van der Waals surface area contributed by atoms with Gasteiger partial charge in [0.1, 0.15) is 11.5 Å². The zero-order valence-electron chi connectivity index (χ0n) is 21.9. The fraction of sp³-hybridized carbons (Fsp3) is 0.182. The largest absolute Gasteiger partial charge is 0.346 e. The van der Waals surface area contributed by atoms with Crippen molar-refractivity contribution >= 4 is 52.2 Å². The first-order chi connectivity index (χ1) is 19.3. The van der Waals surface area contributed by atoms with Crippen LogP contribution in [0, 0.1) is 19.8 Å². The van der Waals surface area contributed by atoms with Crippen molar-refractivity contribution in [1.29, 1.82) is 0 Å². The Morgan fingerprint density at radius 1 is 0.850 bits per heavy atom. The van der Waals surface area contributed by atoms with E-state index in [1.54, 1.807) is 48.2 Å². The monoisotopic (exact) mass is 564 g/mol. The molecule has 198 valence electrons. The number of rotatable bonds is 4. The number of Topliss-reactive ketones (excluding diaryl/α,β-unsaturated/α-hetero) is 2. The number of carbonyl (C=O) groups excluding carboxylic acids is 3. The van der Waals surface area contributed by atoms with Gasteiger partial charge in [-0.3, -0.25) is 14.4 Å². The number of fused-ring (bicyclic) bond motifs is 6. The number of thioether (sulfide) groups is 1. The number of halogens is 1. The van der Waals surface area contributed by atoms with Crippen LogP contribution in [0.3, 0.4) is 0 Å². The summed E-state index contributed by atoms with van der Waals surface area (Å²) in [6.07, 6.45) is 0. The summed E-state index contributed by atoms with van der Waals surface area (Å²) in [4.78, 5) is 46.7. The number of anilines is 2. The number of nitrogens with one attached hydrogen (secondary N) is 1. The average molecular weight is 565 g/mol. The quantitative estimate of drug-likeness (QED) is 0.275. The van der Waals surface area contributed by atoms with Crippen molar-refractivity contribution in [1.82, 2.24) is 0 Å². The SMILES string of the molecule is Cc1ccc(C(=O)[C@H]2[C@H](C(=O)c3ccc(Cl)cc3)N3c4ccccc4S[C@H]3[C@]23C(=O)Nc2ccc(C)cc23)cc1. The number of amides is 1. The van der Waals surface area contributed by atoms with Crippen LogP contribution in [0.5, 0.6) is 0 Å². The van der Waals surface area contributed by atoms with E-state index in [9.17, 15) is 14.4 Å². The van der Waals surface area contributed by atoms with E-state index in [-0.39, 0.29) is 17.5 Å². The van der Waals surface area contributed by atoms with Crippen molar-refractivity contribution in [3.05, 3.63) is 124 Å². The molecule has 3 aliphatic rings. The Kier molecular flexibility index (Phi) is 5.70. The van der Waals surface area contributed by atoms with Gasteiger partial charge in [0.2, 0.25) is 5.91 Å². The van der Waals surface area contributed by atoms with E-state index in [1.165, 1.54) is 0 Å². The Labute approximate surface area is 241 Å². The summed E-state index contributed by atoms with van der Waals surface area (Å²) in [5.41, 5.74) is 3.96. The number of carbonyl (C=O) groups is 3. The molecule has 5 nitrogen and oxygen atoms in total. The molecule has 4 atom stereocenters. The molecule has 7 rings (SSSR count). The molecule has 40 heavy (non-hydrogen) atoms. The van der Waals surface area contributed by atoms with Gasteiger partial charge in [-0.2, -0.15) is 0 Å². The standard InChI is InChI=1S/C33H25ClN2O3S/c1-18-7-10-20(11-8-18)29(37)27-28(30(38)21-12-14-22(34)15-13-21)36-25-5-3-4-6-26(25)40-32(36)33(27)23-17-19(2)9-16-24(23)35-31(33)39/h3-17,27-28,32H,1-2H3,(H,35,39)/t27-,28-,32+,33+/m1/s1. The molecule has 4 aromatic carbocycles. The van der Waals surface area contributed by atoms with Crippen LogP contribution in [0.15, 0.2) is 95.9 Å². The first kappa shape index (κ1) is 25.1. The first-order valence-electron chi connectivity index (χ1n) is 13.2. The minimum absolute atomic E-state index is 0.213. The molecular weight excluding hydrogens is 540 g/mol. The van der Waals surface area contributed by atoms with Gasteiger partial charge >= 0.3 is 0 Å². The summed E-state index contributed by atoms with van der Waals surface area (Å²) in [6, 6.07) is 26.9. The summed E-state index contributed by atoms with van der Waals surface area (Å²) in [5.74, 6) is -1.65. The second-order valence-electron chi connectivity index (χ2n) is 10.7. The molecule has 7 heteroatoms. The molecule has 0 aromatic heterocycles. The van der Waals surface area contributed by atoms with Crippen LogP contribution in [0.25, 0.3) is 0 Å². The fourth-order valence-electron chi connectivity index (χ4n) is 6.57. The Morgan fingerprint density at radius 3 is 2.25 bits per heavy atom. The van der Waals surface area contributed by atoms with E-state index in [2.05, 4.69) is 5.32 Å². The maximum absolute atomic E-state index is 14.7. The van der Waals surface area contributed by atoms with Crippen molar-refractivity contribution in [2.75, 3.05) is 10.2 Å². The fourth-order valence-corrected chi connectivity index (χ4v) is 8.31. The van der Waals surface area contributed by atoms with Crippen LogP contribution in [0.4, 0.5) is 11.4 Å². The van der Waals surface area contributed by atoms with Gasteiger partial charge in [0, 0.05) is 26.7 Å². The highest BCUT2D eigenvalue weighted by Crippen LogP contribution is 2.64. The van der Waals surface area contributed by atoms with Crippen LogP contribution in [0.1, 0.15) is 37.4 Å². The van der Waals surface area contributed by atoms with Crippen LogP contribution in [0.2, 0.25) is 5.02 Å². The van der Waals surface area contributed by atoms with Crippen LogP contribution in [-0.2, 0) is 10.2 Å². The molecule has 0 radical (unpaired) electrons. The molecule has 4 aromatic rings. The van der Waals surface area contributed by atoms with Gasteiger partial charge in [-0.05, 0) is 61.9 Å². The number of hydrogen-bond donors (Lipinski definition) is 1. The first-order valence-corrected chi connectivity index (χ1v) is 14.4. The maximum Gasteiger partial charge on any atom is 0.238 e. The number of nitrogens with zero attached hydrogens (tertiary/aromatic N) is 1. The third kappa shape index (κ3) is 3.45. The predicted octanol–water partition coefficient (Wildman–Crippen LogP) is 6.85. The number of hydrogen-bond acceptors (Lipinski definition) is 5. The van der Waals surface area contributed by atoms with Gasteiger partial charge in [0.25, 0.3) is 0 Å². The van der Waals surface area contributed by atoms with Crippen molar-refractivity contribution in [3.8, 4) is 0 Å². The van der Waals surface area contributed by atoms with E-state index in [0.717, 1.165) is 27.3 Å². The molecule has 0 unspecified atom stereocenters. The minimum Gasteiger partial charge on any atom is -0.346 e. The van der Waals surface area contributed by atoms with Crippen LogP contribution >= 0.6 is 23.4 Å². The van der Waals surface area contributed by atoms with Crippen molar-refractivity contribution in [2.45, 2.75) is 35.6 Å². The average Bonchev–Trinajstić information content (AvgIpc) is 3.57. The van der Waals surface area contributed by atoms with Crippen molar-refractivity contribution < 1.29 is 14.4 Å². The molecule has 1 N–H and O–H groups in total. The lowest BCUT2D eigenvalue weighted by Crippen LogP contribution is -2.50. The summed E-state index contributed by atoms with van der Waals surface area (Å²) in [7, 11) is 0. The van der Waals surface area contributed by atoms with Gasteiger partial charge in [-0.1, -0.05) is 83.0 Å². The number of ketones is 2. The molecule has 1 fully saturated rings.